The van der Waals surface area contributed by atoms with Crippen LogP contribution in [0.3, 0.4) is 0 Å². The van der Waals surface area contributed by atoms with Crippen LogP contribution in [-0.4, -0.2) is 18.0 Å². The second-order valence-electron chi connectivity index (χ2n) is 5.96. The first-order valence-corrected chi connectivity index (χ1v) is 8.27. The zero-order valence-electron chi connectivity index (χ0n) is 15.2. The van der Waals surface area contributed by atoms with Crippen molar-refractivity contribution in [1.82, 2.24) is 5.32 Å². The van der Waals surface area contributed by atoms with Crippen LogP contribution in [0, 0.1) is 5.92 Å². The fraction of sp³-hybridized carbons (Fsp3) is 0.350. The average molecular weight is 325 g/mol. The number of hydrogen-bond acceptors (Lipinski definition) is 3. The van der Waals surface area contributed by atoms with E-state index in [1.54, 1.807) is 18.3 Å². The SMILES string of the molecule is CC/C=C/N=C(/NC(=O)c1ccccc1)C(/N=C\C(C)C)=C(C)C. The minimum absolute atomic E-state index is 0.197. The minimum atomic E-state index is -0.197. The van der Waals surface area contributed by atoms with E-state index in [9.17, 15) is 4.79 Å². The summed E-state index contributed by atoms with van der Waals surface area (Å²) in [6, 6.07) is 9.09. The van der Waals surface area contributed by atoms with Gasteiger partial charge in [0.1, 0.15) is 5.70 Å². The number of hydrogen-bond donors (Lipinski definition) is 1. The van der Waals surface area contributed by atoms with Crippen molar-refractivity contribution in [2.45, 2.75) is 41.0 Å². The summed E-state index contributed by atoms with van der Waals surface area (Å²) in [5.74, 6) is 0.583. The quantitative estimate of drug-likeness (QED) is 0.595. The van der Waals surface area contributed by atoms with Crippen LogP contribution < -0.4 is 5.32 Å². The largest absolute Gasteiger partial charge is 0.305 e. The van der Waals surface area contributed by atoms with Gasteiger partial charge in [0.2, 0.25) is 0 Å². The molecule has 0 saturated carbocycles. The van der Waals surface area contributed by atoms with Crippen LogP contribution in [0.2, 0.25) is 0 Å². The first-order valence-electron chi connectivity index (χ1n) is 8.27. The number of nitrogens with one attached hydrogen (secondary N) is 1. The number of benzene rings is 1. The van der Waals surface area contributed by atoms with E-state index in [0.717, 1.165) is 12.0 Å². The first kappa shape index (κ1) is 19.6. The standard InChI is InChI=1S/C20H27N3O/c1-6-7-13-21-19(18(16(4)5)22-14-15(2)3)23-20(24)17-11-9-8-10-12-17/h7-15H,6H2,1-5H3,(H,21,23,24)/b13-7+,22-14-. The number of carbonyl (C=O) groups is 1. The Balaban J connectivity index is 3.16. The maximum Gasteiger partial charge on any atom is 0.256 e. The highest BCUT2D eigenvalue weighted by atomic mass is 16.1. The van der Waals surface area contributed by atoms with Gasteiger partial charge in [-0.1, -0.05) is 45.0 Å². The molecular formula is C20H27N3O. The lowest BCUT2D eigenvalue weighted by molar-refractivity contribution is 0.0977. The predicted molar refractivity (Wildman–Crippen MR) is 102 cm³/mol. The van der Waals surface area contributed by atoms with Crippen molar-refractivity contribution in [2.24, 2.45) is 15.9 Å². The predicted octanol–water partition coefficient (Wildman–Crippen LogP) is 4.76. The number of rotatable bonds is 6. The first-order chi connectivity index (χ1) is 11.5. The van der Waals surface area contributed by atoms with Crippen LogP contribution in [-0.2, 0) is 0 Å². The summed E-state index contributed by atoms with van der Waals surface area (Å²) in [7, 11) is 0. The number of allylic oxidation sites excluding steroid dienone is 2. The van der Waals surface area contributed by atoms with E-state index in [-0.39, 0.29) is 5.91 Å². The van der Waals surface area contributed by atoms with Gasteiger partial charge in [0, 0.05) is 18.0 Å². The molecule has 0 spiro atoms. The van der Waals surface area contributed by atoms with Gasteiger partial charge in [-0.25, -0.2) is 4.99 Å². The van der Waals surface area contributed by atoms with Gasteiger partial charge in [-0.05, 0) is 43.9 Å². The van der Waals surface area contributed by atoms with E-state index < -0.39 is 0 Å². The highest BCUT2D eigenvalue weighted by molar-refractivity contribution is 6.13. The van der Waals surface area contributed by atoms with Crippen LogP contribution in [0.5, 0.6) is 0 Å². The Labute approximate surface area is 145 Å². The Morgan fingerprint density at radius 2 is 1.88 bits per heavy atom. The summed E-state index contributed by atoms with van der Waals surface area (Å²) in [5.41, 5.74) is 2.27. The lowest BCUT2D eigenvalue weighted by Gasteiger charge is -2.11. The topological polar surface area (TPSA) is 53.8 Å². The smallest absolute Gasteiger partial charge is 0.256 e. The Kier molecular flexibility index (Phi) is 8.41. The van der Waals surface area contributed by atoms with Crippen LogP contribution in [0.15, 0.2) is 63.9 Å². The van der Waals surface area contributed by atoms with E-state index in [1.807, 2.05) is 51.3 Å². The molecule has 128 valence electrons. The van der Waals surface area contributed by atoms with E-state index in [4.69, 9.17) is 0 Å². The molecule has 0 aromatic heterocycles. The van der Waals surface area contributed by atoms with Crippen LogP contribution >= 0.6 is 0 Å². The fourth-order valence-electron chi connectivity index (χ4n) is 1.81. The Morgan fingerprint density at radius 3 is 2.42 bits per heavy atom. The molecule has 1 aromatic rings. The summed E-state index contributed by atoms with van der Waals surface area (Å²) in [6.45, 7) is 10.1. The molecule has 1 aromatic carbocycles. The van der Waals surface area contributed by atoms with Gasteiger partial charge in [-0.3, -0.25) is 9.79 Å². The van der Waals surface area contributed by atoms with E-state index in [2.05, 4.69) is 29.1 Å². The zero-order valence-corrected chi connectivity index (χ0v) is 15.2. The summed E-state index contributed by atoms with van der Waals surface area (Å²) in [4.78, 5) is 21.4. The van der Waals surface area contributed by atoms with Crippen molar-refractivity contribution < 1.29 is 4.79 Å². The normalized spacial score (nSPS) is 12.2. The molecule has 1 N–H and O–H groups in total. The molecule has 0 heterocycles. The molecule has 1 rings (SSSR count). The second-order valence-corrected chi connectivity index (χ2v) is 5.96. The van der Waals surface area contributed by atoms with Crippen LogP contribution in [0.4, 0.5) is 0 Å². The molecule has 0 fully saturated rings. The molecule has 0 aliphatic carbocycles. The third-order valence-corrected chi connectivity index (χ3v) is 3.01. The van der Waals surface area contributed by atoms with Crippen molar-refractivity contribution in [2.75, 3.05) is 0 Å². The monoisotopic (exact) mass is 325 g/mol. The number of carbonyl (C=O) groups excluding carboxylic acids is 1. The molecule has 0 aliphatic heterocycles. The van der Waals surface area contributed by atoms with Crippen molar-refractivity contribution in [3.63, 3.8) is 0 Å². The van der Waals surface area contributed by atoms with Gasteiger partial charge < -0.3 is 5.32 Å². The Bertz CT molecular complexity index is 649. The van der Waals surface area contributed by atoms with Crippen molar-refractivity contribution >= 4 is 18.0 Å². The van der Waals surface area contributed by atoms with Gasteiger partial charge in [-0.2, -0.15) is 0 Å². The van der Waals surface area contributed by atoms with E-state index in [0.29, 0.717) is 23.0 Å². The van der Waals surface area contributed by atoms with E-state index in [1.165, 1.54) is 0 Å². The van der Waals surface area contributed by atoms with Crippen molar-refractivity contribution in [1.29, 1.82) is 0 Å². The average Bonchev–Trinajstić information content (AvgIpc) is 2.55. The molecular weight excluding hydrogens is 298 g/mol. The molecule has 0 atom stereocenters. The summed E-state index contributed by atoms with van der Waals surface area (Å²) < 4.78 is 0. The van der Waals surface area contributed by atoms with Crippen molar-refractivity contribution in [3.8, 4) is 0 Å². The number of amides is 1. The molecule has 4 nitrogen and oxygen atoms in total. The molecule has 0 radical (unpaired) electrons. The molecule has 0 bridgehead atoms. The molecule has 4 heteroatoms. The summed E-state index contributed by atoms with van der Waals surface area (Å²) in [5, 5.41) is 2.89. The fourth-order valence-corrected chi connectivity index (χ4v) is 1.81. The van der Waals surface area contributed by atoms with Gasteiger partial charge in [-0.15, -0.1) is 0 Å². The Hall–Kier alpha value is -2.49. The van der Waals surface area contributed by atoms with Gasteiger partial charge in [0.15, 0.2) is 5.84 Å². The summed E-state index contributed by atoms with van der Waals surface area (Å²) in [6.07, 6.45) is 6.37. The third kappa shape index (κ3) is 6.73. The molecule has 1 amide bonds. The highest BCUT2D eigenvalue weighted by Gasteiger charge is 2.13. The number of amidine groups is 1. The highest BCUT2D eigenvalue weighted by Crippen LogP contribution is 2.09. The molecule has 0 unspecified atom stereocenters. The summed E-state index contributed by atoms with van der Waals surface area (Å²) >= 11 is 0. The number of aliphatic imine (C=N–C) groups is 2. The maximum atomic E-state index is 12.5. The van der Waals surface area contributed by atoms with E-state index >= 15 is 0 Å². The van der Waals surface area contributed by atoms with Gasteiger partial charge in [0.05, 0.1) is 0 Å². The van der Waals surface area contributed by atoms with Crippen LogP contribution in [0.25, 0.3) is 0 Å². The van der Waals surface area contributed by atoms with Crippen LogP contribution in [0.1, 0.15) is 51.4 Å². The molecule has 0 aliphatic rings. The maximum absolute atomic E-state index is 12.5. The molecule has 0 saturated heterocycles. The molecule has 24 heavy (non-hydrogen) atoms. The third-order valence-electron chi connectivity index (χ3n) is 3.01. The van der Waals surface area contributed by atoms with Gasteiger partial charge in [0.25, 0.3) is 5.91 Å². The number of nitrogens with zero attached hydrogens (tertiary/aromatic N) is 2. The second kappa shape index (κ2) is 10.3. The zero-order chi connectivity index (χ0) is 17.9. The lowest BCUT2D eigenvalue weighted by atomic mass is 10.2. The minimum Gasteiger partial charge on any atom is -0.305 e. The van der Waals surface area contributed by atoms with Gasteiger partial charge >= 0.3 is 0 Å². The Morgan fingerprint density at radius 1 is 1.21 bits per heavy atom. The van der Waals surface area contributed by atoms with Crippen molar-refractivity contribution in [3.05, 3.63) is 59.4 Å². The lowest BCUT2D eigenvalue weighted by Crippen LogP contribution is -2.32.